The number of fused-ring (bicyclic) bond motifs is 3. The first-order valence-corrected chi connectivity index (χ1v) is 7.74. The molecule has 0 aliphatic carbocycles. The largest absolute Gasteiger partial charge is 0.492 e. The fourth-order valence-corrected chi connectivity index (χ4v) is 3.84. The predicted molar refractivity (Wildman–Crippen MR) is 80.5 cm³/mol. The molecular weight excluding hydrogens is 278 g/mol. The van der Waals surface area contributed by atoms with Gasteiger partial charge in [0.2, 0.25) is 0 Å². The lowest BCUT2D eigenvalue weighted by molar-refractivity contribution is -0.117. The second-order valence-electron chi connectivity index (χ2n) is 4.42. The number of carbonyl (C=O) groups is 1. The summed E-state index contributed by atoms with van der Waals surface area (Å²) in [6.07, 6.45) is 0.450. The molecule has 0 spiro atoms. The number of aromatic nitrogens is 1. The third kappa shape index (κ3) is 2.35. The van der Waals surface area contributed by atoms with Crippen molar-refractivity contribution in [3.8, 4) is 5.75 Å². The van der Waals surface area contributed by atoms with Gasteiger partial charge in [-0.3, -0.25) is 4.79 Å². The third-order valence-corrected chi connectivity index (χ3v) is 4.72. The van der Waals surface area contributed by atoms with E-state index < -0.39 is 0 Å². The van der Waals surface area contributed by atoms with Gasteiger partial charge in [0.1, 0.15) is 11.5 Å². The van der Waals surface area contributed by atoms with Crippen LogP contribution in [-0.4, -0.2) is 17.4 Å². The van der Waals surface area contributed by atoms with Crippen LogP contribution in [-0.2, 0) is 4.79 Å². The summed E-state index contributed by atoms with van der Waals surface area (Å²) in [6.45, 7) is 4.03. The van der Waals surface area contributed by atoms with E-state index in [0.29, 0.717) is 13.0 Å². The minimum absolute atomic E-state index is 0.149. The molecular formula is C14H13NO2S2. The molecule has 0 amide bonds. The Morgan fingerprint density at radius 3 is 3.11 bits per heavy atom. The van der Waals surface area contributed by atoms with Crippen molar-refractivity contribution in [3.63, 3.8) is 0 Å². The van der Waals surface area contributed by atoms with Crippen LogP contribution in [0.15, 0.2) is 17.5 Å². The van der Waals surface area contributed by atoms with Gasteiger partial charge in [0.15, 0.2) is 0 Å². The van der Waals surface area contributed by atoms with E-state index in [0.717, 1.165) is 26.4 Å². The fourth-order valence-electron chi connectivity index (χ4n) is 2.01. The van der Waals surface area contributed by atoms with Crippen LogP contribution in [0.25, 0.3) is 20.3 Å². The zero-order valence-electron chi connectivity index (χ0n) is 10.7. The van der Waals surface area contributed by atoms with E-state index in [-0.39, 0.29) is 5.78 Å². The summed E-state index contributed by atoms with van der Waals surface area (Å²) in [5, 5.41) is 4.20. The number of thiophene rings is 1. The molecule has 0 aliphatic rings. The minimum Gasteiger partial charge on any atom is -0.492 e. The van der Waals surface area contributed by atoms with E-state index in [2.05, 4.69) is 16.4 Å². The molecule has 0 saturated carbocycles. The van der Waals surface area contributed by atoms with Crippen LogP contribution in [0, 0.1) is 6.92 Å². The number of rotatable bonds is 4. The van der Waals surface area contributed by atoms with Crippen LogP contribution in [0.3, 0.4) is 0 Å². The van der Waals surface area contributed by atoms with Crippen molar-refractivity contribution in [2.24, 2.45) is 0 Å². The minimum atomic E-state index is 0.149. The Hall–Kier alpha value is -1.46. The maximum atomic E-state index is 11.0. The molecule has 19 heavy (non-hydrogen) atoms. The number of thiazole rings is 1. The molecule has 2 heterocycles. The highest BCUT2D eigenvalue weighted by atomic mass is 32.1. The Morgan fingerprint density at radius 1 is 1.47 bits per heavy atom. The van der Waals surface area contributed by atoms with Crippen LogP contribution < -0.4 is 4.74 Å². The third-order valence-electron chi connectivity index (χ3n) is 2.88. The van der Waals surface area contributed by atoms with Gasteiger partial charge in [0, 0.05) is 17.9 Å². The van der Waals surface area contributed by atoms with E-state index in [1.807, 2.05) is 13.0 Å². The number of aryl methyl sites for hydroxylation is 1. The number of hydrogen-bond acceptors (Lipinski definition) is 5. The second-order valence-corrected chi connectivity index (χ2v) is 6.57. The van der Waals surface area contributed by atoms with Gasteiger partial charge in [0.25, 0.3) is 0 Å². The van der Waals surface area contributed by atoms with Crippen LogP contribution in [0.4, 0.5) is 0 Å². The quantitative estimate of drug-likeness (QED) is 0.724. The topological polar surface area (TPSA) is 39.2 Å². The normalized spacial score (nSPS) is 11.3. The molecule has 5 heteroatoms. The second kappa shape index (κ2) is 4.90. The molecule has 1 aromatic carbocycles. The van der Waals surface area contributed by atoms with E-state index in [9.17, 15) is 4.79 Å². The molecule has 2 aromatic heterocycles. The number of ketones is 1. The van der Waals surface area contributed by atoms with E-state index in [1.54, 1.807) is 29.6 Å². The van der Waals surface area contributed by atoms with Crippen LogP contribution in [0.2, 0.25) is 0 Å². The van der Waals surface area contributed by atoms with Gasteiger partial charge in [-0.1, -0.05) is 0 Å². The summed E-state index contributed by atoms with van der Waals surface area (Å²) >= 11 is 3.35. The Kier molecular flexibility index (Phi) is 3.24. The van der Waals surface area contributed by atoms with Crippen LogP contribution >= 0.6 is 22.7 Å². The van der Waals surface area contributed by atoms with E-state index in [1.165, 1.54) is 4.70 Å². The van der Waals surface area contributed by atoms with Gasteiger partial charge in [-0.05, 0) is 25.3 Å². The maximum absolute atomic E-state index is 11.0. The van der Waals surface area contributed by atoms with Crippen molar-refractivity contribution in [3.05, 3.63) is 22.5 Å². The molecule has 0 N–H and O–H groups in total. The molecule has 3 aromatic rings. The molecule has 0 atom stereocenters. The van der Waals surface area contributed by atoms with E-state index in [4.69, 9.17) is 4.74 Å². The van der Waals surface area contributed by atoms with Gasteiger partial charge in [0.05, 0.1) is 26.5 Å². The van der Waals surface area contributed by atoms with Gasteiger partial charge < -0.3 is 4.74 Å². The maximum Gasteiger partial charge on any atom is 0.133 e. The highest BCUT2D eigenvalue weighted by molar-refractivity contribution is 7.21. The Morgan fingerprint density at radius 2 is 2.32 bits per heavy atom. The average molecular weight is 291 g/mol. The number of hydrogen-bond donors (Lipinski definition) is 0. The lowest BCUT2D eigenvalue weighted by Gasteiger charge is -2.06. The zero-order valence-corrected chi connectivity index (χ0v) is 12.4. The lowest BCUT2D eigenvalue weighted by atomic mass is 10.2. The Balaban J connectivity index is 2.05. The lowest BCUT2D eigenvalue weighted by Crippen LogP contribution is -2.02. The summed E-state index contributed by atoms with van der Waals surface area (Å²) in [6, 6.07) is 4.09. The molecule has 0 unspecified atom stereocenters. The summed E-state index contributed by atoms with van der Waals surface area (Å²) in [7, 11) is 0. The molecule has 0 bridgehead atoms. The van der Waals surface area contributed by atoms with Crippen molar-refractivity contribution in [2.75, 3.05) is 6.61 Å². The molecule has 3 nitrogen and oxygen atoms in total. The molecule has 0 fully saturated rings. The average Bonchev–Trinajstić information content (AvgIpc) is 2.93. The highest BCUT2D eigenvalue weighted by Gasteiger charge is 2.12. The number of nitrogens with zero attached hydrogens (tertiary/aromatic N) is 1. The number of ether oxygens (including phenoxy) is 1. The van der Waals surface area contributed by atoms with Crippen LogP contribution in [0.1, 0.15) is 18.4 Å². The number of benzene rings is 1. The first kappa shape index (κ1) is 12.6. The fraction of sp³-hybridized carbons (Fsp3) is 0.286. The van der Waals surface area contributed by atoms with E-state index >= 15 is 0 Å². The first-order valence-electron chi connectivity index (χ1n) is 6.05. The van der Waals surface area contributed by atoms with Gasteiger partial charge in [-0.2, -0.15) is 0 Å². The summed E-state index contributed by atoms with van der Waals surface area (Å²) in [5.74, 6) is 1.00. The predicted octanol–water partition coefficient (Wildman–Crippen LogP) is 4.18. The summed E-state index contributed by atoms with van der Waals surface area (Å²) in [4.78, 5) is 15.6. The SMILES string of the molecule is CC(=O)CCOc1cc2sc(C)nc2c2sccc12. The van der Waals surface area contributed by atoms with Crippen molar-refractivity contribution >= 4 is 48.8 Å². The van der Waals surface area contributed by atoms with Crippen LogP contribution in [0.5, 0.6) is 5.75 Å². The Labute approximate surface area is 118 Å². The Bertz CT molecular complexity index is 757. The highest BCUT2D eigenvalue weighted by Crippen LogP contribution is 2.38. The standard InChI is InChI=1S/C14H13NO2S2/c1-8(16)3-5-17-11-7-12-13(15-9(2)19-12)14-10(11)4-6-18-14/h4,6-7H,3,5H2,1-2H3. The van der Waals surface area contributed by atoms with Crippen molar-refractivity contribution in [1.82, 2.24) is 4.98 Å². The molecule has 0 saturated heterocycles. The van der Waals surface area contributed by atoms with Crippen molar-refractivity contribution in [1.29, 1.82) is 0 Å². The summed E-state index contributed by atoms with van der Waals surface area (Å²) < 4.78 is 8.08. The van der Waals surface area contributed by atoms with Gasteiger partial charge in [-0.15, -0.1) is 22.7 Å². The zero-order chi connectivity index (χ0) is 13.4. The summed E-state index contributed by atoms with van der Waals surface area (Å²) in [5.41, 5.74) is 1.06. The van der Waals surface area contributed by atoms with Crippen molar-refractivity contribution < 1.29 is 9.53 Å². The number of Topliss-reactive ketones (excluding diaryl/α,β-unsaturated/α-hetero) is 1. The smallest absolute Gasteiger partial charge is 0.133 e. The number of carbonyl (C=O) groups excluding carboxylic acids is 1. The molecule has 3 rings (SSSR count). The molecule has 0 aliphatic heterocycles. The van der Waals surface area contributed by atoms with Gasteiger partial charge >= 0.3 is 0 Å². The first-order chi connectivity index (χ1) is 9.15. The monoisotopic (exact) mass is 291 g/mol. The molecule has 0 radical (unpaired) electrons. The van der Waals surface area contributed by atoms with Crippen molar-refractivity contribution in [2.45, 2.75) is 20.3 Å². The molecule has 98 valence electrons. The van der Waals surface area contributed by atoms with Gasteiger partial charge in [-0.25, -0.2) is 4.98 Å².